The summed E-state index contributed by atoms with van der Waals surface area (Å²) in [5.41, 5.74) is 3.48. The molecular formula is C22H22BrClN2O2S. The molecule has 0 bridgehead atoms. The monoisotopic (exact) mass is 492 g/mol. The van der Waals surface area contributed by atoms with Crippen LogP contribution in [0.25, 0.3) is 10.9 Å². The number of hydrogen-bond acceptors (Lipinski definition) is 2. The van der Waals surface area contributed by atoms with E-state index in [1.165, 1.54) is 23.4 Å². The van der Waals surface area contributed by atoms with Gasteiger partial charge in [0, 0.05) is 39.1 Å². The molecule has 7 heteroatoms. The molecule has 4 nitrogen and oxygen atoms in total. The SMILES string of the molecule is C#CCCCc1[nH]c2ccc(Br)cc2c1CCCNS(=O)(=O)c1ccc(Cl)cc1. The van der Waals surface area contributed by atoms with Gasteiger partial charge in [0.15, 0.2) is 0 Å². The fraction of sp³-hybridized carbons (Fsp3) is 0.273. The minimum atomic E-state index is -3.54. The van der Waals surface area contributed by atoms with Gasteiger partial charge in [0.05, 0.1) is 4.90 Å². The first kappa shape index (κ1) is 21.9. The van der Waals surface area contributed by atoms with Crippen molar-refractivity contribution >= 4 is 48.5 Å². The number of aryl methyl sites for hydroxylation is 2. The van der Waals surface area contributed by atoms with Gasteiger partial charge >= 0.3 is 0 Å². The highest BCUT2D eigenvalue weighted by Gasteiger charge is 2.15. The molecule has 0 atom stereocenters. The molecule has 0 unspecified atom stereocenters. The van der Waals surface area contributed by atoms with Gasteiger partial charge in [-0.25, -0.2) is 13.1 Å². The fourth-order valence-corrected chi connectivity index (χ4v) is 4.87. The third kappa shape index (κ3) is 5.64. The second kappa shape index (κ2) is 9.82. The van der Waals surface area contributed by atoms with Crippen LogP contribution in [-0.4, -0.2) is 19.9 Å². The van der Waals surface area contributed by atoms with E-state index in [-0.39, 0.29) is 4.90 Å². The van der Waals surface area contributed by atoms with Crippen LogP contribution in [0.15, 0.2) is 51.8 Å². The lowest BCUT2D eigenvalue weighted by Crippen LogP contribution is -2.25. The van der Waals surface area contributed by atoms with Crippen LogP contribution in [0.4, 0.5) is 0 Å². The zero-order valence-electron chi connectivity index (χ0n) is 15.8. The number of terminal acetylenes is 1. The Labute approximate surface area is 185 Å². The summed E-state index contributed by atoms with van der Waals surface area (Å²) in [5, 5.41) is 1.67. The first-order chi connectivity index (χ1) is 13.9. The fourth-order valence-electron chi connectivity index (χ4n) is 3.31. The van der Waals surface area contributed by atoms with Crippen molar-refractivity contribution < 1.29 is 8.42 Å². The van der Waals surface area contributed by atoms with Crippen molar-refractivity contribution in [2.45, 2.75) is 37.0 Å². The van der Waals surface area contributed by atoms with E-state index in [1.807, 2.05) is 6.07 Å². The normalized spacial score (nSPS) is 11.6. The second-order valence-electron chi connectivity index (χ2n) is 6.78. The smallest absolute Gasteiger partial charge is 0.240 e. The van der Waals surface area contributed by atoms with Crippen LogP contribution < -0.4 is 4.72 Å². The summed E-state index contributed by atoms with van der Waals surface area (Å²) in [7, 11) is -3.54. The number of fused-ring (bicyclic) bond motifs is 1. The molecule has 0 saturated heterocycles. The molecular weight excluding hydrogens is 472 g/mol. The number of aromatic amines is 1. The minimum absolute atomic E-state index is 0.216. The molecule has 3 rings (SSSR count). The Morgan fingerprint density at radius 2 is 1.86 bits per heavy atom. The summed E-state index contributed by atoms with van der Waals surface area (Å²) in [6, 6.07) is 12.3. The number of nitrogens with one attached hydrogen (secondary N) is 2. The van der Waals surface area contributed by atoms with Gasteiger partial charge in [-0.1, -0.05) is 27.5 Å². The van der Waals surface area contributed by atoms with Gasteiger partial charge in [-0.2, -0.15) is 0 Å². The predicted molar refractivity (Wildman–Crippen MR) is 123 cm³/mol. The van der Waals surface area contributed by atoms with Crippen LogP contribution in [0.5, 0.6) is 0 Å². The van der Waals surface area contributed by atoms with E-state index in [0.29, 0.717) is 18.0 Å². The van der Waals surface area contributed by atoms with Crippen molar-refractivity contribution in [3.63, 3.8) is 0 Å². The van der Waals surface area contributed by atoms with Crippen molar-refractivity contribution in [1.82, 2.24) is 9.71 Å². The lowest BCUT2D eigenvalue weighted by molar-refractivity contribution is 0.579. The Kier molecular flexibility index (Phi) is 7.42. The highest BCUT2D eigenvalue weighted by Crippen LogP contribution is 2.28. The summed E-state index contributed by atoms with van der Waals surface area (Å²) in [6.45, 7) is 0.357. The van der Waals surface area contributed by atoms with Crippen LogP contribution >= 0.6 is 27.5 Å². The molecule has 0 aliphatic rings. The average Bonchev–Trinajstić information content (AvgIpc) is 3.02. The zero-order chi connectivity index (χ0) is 20.9. The molecule has 1 heterocycles. The van der Waals surface area contributed by atoms with Crippen LogP contribution in [0.1, 0.15) is 30.5 Å². The van der Waals surface area contributed by atoms with E-state index in [4.69, 9.17) is 18.0 Å². The molecule has 29 heavy (non-hydrogen) atoms. The van der Waals surface area contributed by atoms with Gasteiger partial charge < -0.3 is 4.98 Å². The van der Waals surface area contributed by atoms with E-state index in [2.05, 4.69) is 43.7 Å². The molecule has 152 valence electrons. The number of halogens is 2. The third-order valence-corrected chi connectivity index (χ3v) is 6.95. The molecule has 0 spiro atoms. The van der Waals surface area contributed by atoms with Crippen molar-refractivity contribution in [3.05, 3.63) is 63.2 Å². The largest absolute Gasteiger partial charge is 0.358 e. The van der Waals surface area contributed by atoms with Crippen LogP contribution in [-0.2, 0) is 22.9 Å². The number of benzene rings is 2. The van der Waals surface area contributed by atoms with Gasteiger partial charge in [-0.3, -0.25) is 0 Å². The molecule has 3 aromatic rings. The van der Waals surface area contributed by atoms with Gasteiger partial charge in [0.2, 0.25) is 10.0 Å². The molecule has 1 aromatic heterocycles. The molecule has 0 saturated carbocycles. The predicted octanol–water partition coefficient (Wildman–Crippen LogP) is 5.45. The molecule has 0 aliphatic carbocycles. The standard InChI is InChI=1S/C22H22BrClN2O2S/c1-2-3-4-7-21-19(20-15-16(23)8-13-22(20)26-21)6-5-14-25-29(27,28)18-11-9-17(24)10-12-18/h1,8-13,15,25-26H,3-7,14H2. The lowest BCUT2D eigenvalue weighted by atomic mass is 10.0. The Morgan fingerprint density at radius 3 is 2.59 bits per heavy atom. The van der Waals surface area contributed by atoms with Gasteiger partial charge in [-0.05, 0) is 73.7 Å². The second-order valence-corrected chi connectivity index (χ2v) is 9.90. The average molecular weight is 494 g/mol. The Morgan fingerprint density at radius 1 is 1.10 bits per heavy atom. The Bertz CT molecular complexity index is 1130. The van der Waals surface area contributed by atoms with Crippen molar-refractivity contribution in [3.8, 4) is 12.3 Å². The van der Waals surface area contributed by atoms with Crippen LogP contribution in [0, 0.1) is 12.3 Å². The summed E-state index contributed by atoms with van der Waals surface area (Å²) >= 11 is 9.37. The van der Waals surface area contributed by atoms with E-state index >= 15 is 0 Å². The summed E-state index contributed by atoms with van der Waals surface area (Å²) in [5.74, 6) is 2.68. The first-order valence-electron chi connectivity index (χ1n) is 9.38. The summed E-state index contributed by atoms with van der Waals surface area (Å²) < 4.78 is 28.5. The topological polar surface area (TPSA) is 62.0 Å². The van der Waals surface area contributed by atoms with Crippen molar-refractivity contribution in [2.75, 3.05) is 6.54 Å². The minimum Gasteiger partial charge on any atom is -0.358 e. The Hall–Kier alpha value is -1.78. The zero-order valence-corrected chi connectivity index (χ0v) is 19.0. The van der Waals surface area contributed by atoms with Crippen molar-refractivity contribution in [2.24, 2.45) is 0 Å². The number of sulfonamides is 1. The van der Waals surface area contributed by atoms with E-state index in [9.17, 15) is 8.42 Å². The molecule has 2 N–H and O–H groups in total. The number of H-pyrrole nitrogens is 1. The number of unbranched alkanes of at least 4 members (excludes halogenated alkanes) is 1. The molecule has 0 radical (unpaired) electrons. The maximum Gasteiger partial charge on any atom is 0.240 e. The van der Waals surface area contributed by atoms with Gasteiger partial charge in [-0.15, -0.1) is 12.3 Å². The first-order valence-corrected chi connectivity index (χ1v) is 12.0. The van der Waals surface area contributed by atoms with Gasteiger partial charge in [0.1, 0.15) is 0 Å². The summed E-state index contributed by atoms with van der Waals surface area (Å²) in [4.78, 5) is 3.71. The maximum absolute atomic E-state index is 12.4. The maximum atomic E-state index is 12.4. The lowest BCUT2D eigenvalue weighted by Gasteiger charge is -2.08. The van der Waals surface area contributed by atoms with Crippen LogP contribution in [0.2, 0.25) is 5.02 Å². The third-order valence-electron chi connectivity index (χ3n) is 4.72. The number of hydrogen-bond donors (Lipinski definition) is 2. The van der Waals surface area contributed by atoms with E-state index in [1.54, 1.807) is 12.1 Å². The van der Waals surface area contributed by atoms with Gasteiger partial charge in [0.25, 0.3) is 0 Å². The highest BCUT2D eigenvalue weighted by molar-refractivity contribution is 9.10. The van der Waals surface area contributed by atoms with E-state index in [0.717, 1.165) is 41.1 Å². The number of rotatable bonds is 9. The number of aromatic nitrogens is 1. The highest BCUT2D eigenvalue weighted by atomic mass is 79.9. The van der Waals surface area contributed by atoms with E-state index < -0.39 is 10.0 Å². The summed E-state index contributed by atoms with van der Waals surface area (Å²) in [6.07, 6.45) is 9.37. The molecule has 0 aliphatic heterocycles. The quantitative estimate of drug-likeness (QED) is 0.307. The Balaban J connectivity index is 1.69. The van der Waals surface area contributed by atoms with Crippen LogP contribution in [0.3, 0.4) is 0 Å². The molecule has 0 fully saturated rings. The van der Waals surface area contributed by atoms with Crippen molar-refractivity contribution in [1.29, 1.82) is 0 Å². The molecule has 0 amide bonds. The molecule has 2 aromatic carbocycles.